The Morgan fingerprint density at radius 3 is 2.80 bits per heavy atom. The molecule has 2 fully saturated rings. The van der Waals surface area contributed by atoms with Crippen LogP contribution in [0.5, 0.6) is 5.75 Å². The highest BCUT2D eigenvalue weighted by Gasteiger charge is 2.28. The minimum absolute atomic E-state index is 0.154. The van der Waals surface area contributed by atoms with Crippen LogP contribution >= 0.6 is 0 Å². The number of benzene rings is 1. The highest BCUT2D eigenvalue weighted by Crippen LogP contribution is 2.30. The number of hydrogen-bond acceptors (Lipinski definition) is 4. The molecule has 1 aromatic carbocycles. The largest absolute Gasteiger partial charge is 0.496 e. The van der Waals surface area contributed by atoms with Crippen LogP contribution in [-0.2, 0) is 4.79 Å². The van der Waals surface area contributed by atoms with Gasteiger partial charge in [-0.15, -0.1) is 0 Å². The standard InChI is InChI=1S/C20H31N3O2/c1-15-7-9-16(10-8-15)22-20(24)14-23-12-11-21-13-18(23)17-5-3-4-6-19(17)25-2/h3-6,15-16,18,21H,7-14H2,1-2H3,(H,22,24). The van der Waals surface area contributed by atoms with Crippen LogP contribution in [0.1, 0.15) is 44.2 Å². The van der Waals surface area contributed by atoms with Crippen LogP contribution in [0.2, 0.25) is 0 Å². The van der Waals surface area contributed by atoms with Crippen molar-refractivity contribution in [2.75, 3.05) is 33.3 Å². The van der Waals surface area contributed by atoms with Crippen molar-refractivity contribution in [3.8, 4) is 5.75 Å². The maximum atomic E-state index is 12.6. The average Bonchev–Trinajstić information content (AvgIpc) is 2.64. The number of carbonyl (C=O) groups is 1. The van der Waals surface area contributed by atoms with E-state index in [2.05, 4.69) is 28.5 Å². The molecule has 1 aliphatic carbocycles. The zero-order valence-corrected chi connectivity index (χ0v) is 15.5. The number of ether oxygens (including phenoxy) is 1. The summed E-state index contributed by atoms with van der Waals surface area (Å²) in [6, 6.07) is 8.64. The molecule has 3 rings (SSSR count). The Balaban J connectivity index is 1.62. The predicted octanol–water partition coefficient (Wildman–Crippen LogP) is 2.34. The molecule has 25 heavy (non-hydrogen) atoms. The third-order valence-electron chi connectivity index (χ3n) is 5.58. The van der Waals surface area contributed by atoms with Crippen molar-refractivity contribution in [3.63, 3.8) is 0 Å². The first kappa shape index (κ1) is 18.2. The van der Waals surface area contributed by atoms with Crippen LogP contribution < -0.4 is 15.4 Å². The van der Waals surface area contributed by atoms with Gasteiger partial charge in [0.15, 0.2) is 0 Å². The van der Waals surface area contributed by atoms with Crippen molar-refractivity contribution in [1.29, 1.82) is 0 Å². The third kappa shape index (κ3) is 4.73. The molecule has 1 aliphatic heterocycles. The van der Waals surface area contributed by atoms with Gasteiger partial charge in [-0.1, -0.05) is 25.1 Å². The van der Waals surface area contributed by atoms with E-state index in [1.165, 1.54) is 12.8 Å². The fourth-order valence-electron chi connectivity index (χ4n) is 4.05. The first-order valence-corrected chi connectivity index (χ1v) is 9.54. The zero-order chi connectivity index (χ0) is 17.6. The molecule has 1 atom stereocenters. The number of amides is 1. The molecular formula is C20H31N3O2. The Hall–Kier alpha value is -1.59. The number of piperazine rings is 1. The van der Waals surface area contributed by atoms with Gasteiger partial charge in [-0.05, 0) is 37.7 Å². The van der Waals surface area contributed by atoms with Gasteiger partial charge in [0.25, 0.3) is 0 Å². The highest BCUT2D eigenvalue weighted by molar-refractivity contribution is 5.78. The number of para-hydroxylation sites is 1. The van der Waals surface area contributed by atoms with Gasteiger partial charge in [0.2, 0.25) is 5.91 Å². The lowest BCUT2D eigenvalue weighted by Gasteiger charge is -2.37. The molecule has 0 bridgehead atoms. The molecule has 0 radical (unpaired) electrons. The van der Waals surface area contributed by atoms with Crippen molar-refractivity contribution in [2.24, 2.45) is 5.92 Å². The second kappa shape index (κ2) is 8.68. The number of hydrogen-bond donors (Lipinski definition) is 2. The second-order valence-corrected chi connectivity index (χ2v) is 7.46. The molecule has 0 aromatic heterocycles. The molecular weight excluding hydrogens is 314 g/mol. The first-order chi connectivity index (χ1) is 12.2. The Bertz CT molecular complexity index is 570. The Labute approximate surface area is 151 Å². The van der Waals surface area contributed by atoms with Crippen molar-refractivity contribution >= 4 is 5.91 Å². The number of nitrogens with one attached hydrogen (secondary N) is 2. The van der Waals surface area contributed by atoms with E-state index in [9.17, 15) is 4.79 Å². The Morgan fingerprint density at radius 1 is 1.28 bits per heavy atom. The second-order valence-electron chi connectivity index (χ2n) is 7.46. The SMILES string of the molecule is COc1ccccc1C1CNCCN1CC(=O)NC1CCC(C)CC1. The van der Waals surface area contributed by atoms with Crippen LogP contribution in [0.25, 0.3) is 0 Å². The van der Waals surface area contributed by atoms with E-state index in [1.54, 1.807) is 7.11 Å². The van der Waals surface area contributed by atoms with E-state index in [0.29, 0.717) is 12.6 Å². The lowest BCUT2D eigenvalue weighted by Crippen LogP contribution is -2.51. The molecule has 2 N–H and O–H groups in total. The molecule has 1 saturated heterocycles. The van der Waals surface area contributed by atoms with Gasteiger partial charge in [0, 0.05) is 31.2 Å². The zero-order valence-electron chi connectivity index (χ0n) is 15.5. The summed E-state index contributed by atoms with van der Waals surface area (Å²) in [5.74, 6) is 1.85. The van der Waals surface area contributed by atoms with Gasteiger partial charge >= 0.3 is 0 Å². The summed E-state index contributed by atoms with van der Waals surface area (Å²) in [7, 11) is 1.70. The number of nitrogens with zero attached hydrogens (tertiary/aromatic N) is 1. The molecule has 5 heteroatoms. The quantitative estimate of drug-likeness (QED) is 0.860. The molecule has 0 spiro atoms. The molecule has 1 amide bonds. The Kier molecular flexibility index (Phi) is 6.32. The summed E-state index contributed by atoms with van der Waals surface area (Å²) in [6.07, 6.45) is 4.68. The average molecular weight is 345 g/mol. The predicted molar refractivity (Wildman–Crippen MR) is 99.7 cm³/mol. The first-order valence-electron chi connectivity index (χ1n) is 9.54. The highest BCUT2D eigenvalue weighted by atomic mass is 16.5. The summed E-state index contributed by atoms with van der Waals surface area (Å²) in [5, 5.41) is 6.70. The van der Waals surface area contributed by atoms with Gasteiger partial charge < -0.3 is 15.4 Å². The summed E-state index contributed by atoms with van der Waals surface area (Å²) >= 11 is 0. The maximum absolute atomic E-state index is 12.6. The molecule has 1 saturated carbocycles. The van der Waals surface area contributed by atoms with E-state index in [4.69, 9.17) is 4.74 Å². The molecule has 138 valence electrons. The Morgan fingerprint density at radius 2 is 2.04 bits per heavy atom. The van der Waals surface area contributed by atoms with Crippen molar-refractivity contribution in [2.45, 2.75) is 44.7 Å². The molecule has 1 heterocycles. The minimum Gasteiger partial charge on any atom is -0.496 e. The summed E-state index contributed by atoms with van der Waals surface area (Å²) < 4.78 is 5.53. The normalized spacial score (nSPS) is 27.7. The van der Waals surface area contributed by atoms with Crippen LogP contribution in [0, 0.1) is 5.92 Å². The molecule has 1 unspecified atom stereocenters. The monoisotopic (exact) mass is 345 g/mol. The summed E-state index contributed by atoms with van der Waals surface area (Å²) in [4.78, 5) is 14.9. The molecule has 1 aromatic rings. The van der Waals surface area contributed by atoms with E-state index in [0.717, 1.165) is 49.7 Å². The minimum atomic E-state index is 0.154. The van der Waals surface area contributed by atoms with Crippen LogP contribution in [0.4, 0.5) is 0 Å². The summed E-state index contributed by atoms with van der Waals surface area (Å²) in [6.45, 7) is 5.39. The topological polar surface area (TPSA) is 53.6 Å². The number of carbonyl (C=O) groups excluding carboxylic acids is 1. The molecule has 2 aliphatic rings. The van der Waals surface area contributed by atoms with E-state index in [1.807, 2.05) is 18.2 Å². The van der Waals surface area contributed by atoms with Crippen molar-refractivity contribution in [1.82, 2.24) is 15.5 Å². The van der Waals surface area contributed by atoms with E-state index < -0.39 is 0 Å². The van der Waals surface area contributed by atoms with Crippen LogP contribution in [0.15, 0.2) is 24.3 Å². The smallest absolute Gasteiger partial charge is 0.234 e. The van der Waals surface area contributed by atoms with Crippen molar-refractivity contribution in [3.05, 3.63) is 29.8 Å². The van der Waals surface area contributed by atoms with Gasteiger partial charge in [0.05, 0.1) is 19.7 Å². The third-order valence-corrected chi connectivity index (χ3v) is 5.58. The fraction of sp³-hybridized carbons (Fsp3) is 0.650. The van der Waals surface area contributed by atoms with Crippen molar-refractivity contribution < 1.29 is 9.53 Å². The summed E-state index contributed by atoms with van der Waals surface area (Å²) in [5.41, 5.74) is 1.15. The fourth-order valence-corrected chi connectivity index (χ4v) is 4.05. The van der Waals surface area contributed by atoms with Crippen LogP contribution in [0.3, 0.4) is 0 Å². The maximum Gasteiger partial charge on any atom is 0.234 e. The molecule has 5 nitrogen and oxygen atoms in total. The van der Waals surface area contributed by atoms with E-state index in [-0.39, 0.29) is 11.9 Å². The van der Waals surface area contributed by atoms with Gasteiger partial charge in [-0.3, -0.25) is 9.69 Å². The number of rotatable bonds is 5. The lowest BCUT2D eigenvalue weighted by molar-refractivity contribution is -0.124. The van der Waals surface area contributed by atoms with Gasteiger partial charge in [-0.2, -0.15) is 0 Å². The number of methoxy groups -OCH3 is 1. The lowest BCUT2D eigenvalue weighted by atomic mass is 9.87. The van der Waals surface area contributed by atoms with Crippen LogP contribution in [-0.4, -0.2) is 50.1 Å². The van der Waals surface area contributed by atoms with Gasteiger partial charge in [-0.25, -0.2) is 0 Å². The van der Waals surface area contributed by atoms with E-state index >= 15 is 0 Å². The van der Waals surface area contributed by atoms with Gasteiger partial charge in [0.1, 0.15) is 5.75 Å².